The molecule has 0 spiro atoms. The van der Waals surface area contributed by atoms with Crippen LogP contribution in [-0.4, -0.2) is 48.9 Å². The second-order valence-electron chi connectivity index (χ2n) is 7.34. The van der Waals surface area contributed by atoms with E-state index in [0.29, 0.717) is 42.6 Å². The summed E-state index contributed by atoms with van der Waals surface area (Å²) in [6.07, 6.45) is -4.31. The average molecular weight is 438 g/mol. The van der Waals surface area contributed by atoms with Crippen LogP contribution < -0.4 is 9.80 Å². The van der Waals surface area contributed by atoms with E-state index in [-0.39, 0.29) is 18.2 Å². The van der Waals surface area contributed by atoms with E-state index in [1.807, 2.05) is 9.80 Å². The topological polar surface area (TPSA) is 43.9 Å². The summed E-state index contributed by atoms with van der Waals surface area (Å²) in [5.74, 6) is -0.581. The maximum absolute atomic E-state index is 13.0. The number of nitrogens with zero attached hydrogens (tertiary/aromatic N) is 3. The second-order valence-corrected chi connectivity index (χ2v) is 7.77. The molecule has 2 aliphatic rings. The van der Waals surface area contributed by atoms with E-state index in [2.05, 4.69) is 0 Å². The average Bonchev–Trinajstić information content (AvgIpc) is 3.01. The summed E-state index contributed by atoms with van der Waals surface area (Å²) in [4.78, 5) is 30.4. The number of amides is 2. The maximum atomic E-state index is 13.0. The van der Waals surface area contributed by atoms with E-state index in [1.165, 1.54) is 6.07 Å². The summed E-state index contributed by atoms with van der Waals surface area (Å²) in [6.45, 7) is 1.89. The smallest absolute Gasteiger partial charge is 0.369 e. The zero-order valence-corrected chi connectivity index (χ0v) is 16.7. The van der Waals surface area contributed by atoms with Crippen LogP contribution in [0.3, 0.4) is 0 Å². The summed E-state index contributed by atoms with van der Waals surface area (Å²) < 4.78 is 38.9. The Kier molecular flexibility index (Phi) is 5.46. The van der Waals surface area contributed by atoms with Crippen molar-refractivity contribution >= 4 is 34.8 Å². The standard InChI is InChI=1S/C21H19ClF3N3O2/c22-15-4-2-6-17(12-15)28-19(29)13-18(20(28)30)27-9-7-26(8-10-27)16-5-1-3-14(11-16)21(23,24)25/h1-6,11-12,18H,7-10,13H2. The molecule has 30 heavy (non-hydrogen) atoms. The molecular formula is C21H19ClF3N3O2. The Bertz CT molecular complexity index is 974. The van der Waals surface area contributed by atoms with Gasteiger partial charge in [-0.15, -0.1) is 0 Å². The first-order chi connectivity index (χ1) is 14.2. The Balaban J connectivity index is 1.44. The monoisotopic (exact) mass is 437 g/mol. The lowest BCUT2D eigenvalue weighted by Crippen LogP contribution is -2.52. The molecule has 0 N–H and O–H groups in total. The fourth-order valence-electron chi connectivity index (χ4n) is 3.96. The molecule has 2 saturated heterocycles. The largest absolute Gasteiger partial charge is 0.416 e. The highest BCUT2D eigenvalue weighted by atomic mass is 35.5. The lowest BCUT2D eigenvalue weighted by Gasteiger charge is -2.38. The number of carbonyl (C=O) groups is 2. The fourth-order valence-corrected chi connectivity index (χ4v) is 4.14. The summed E-state index contributed by atoms with van der Waals surface area (Å²) in [5.41, 5.74) is 0.262. The van der Waals surface area contributed by atoms with Crippen molar-refractivity contribution in [2.24, 2.45) is 0 Å². The van der Waals surface area contributed by atoms with Crippen molar-refractivity contribution in [3.63, 3.8) is 0 Å². The van der Waals surface area contributed by atoms with Gasteiger partial charge in [-0.2, -0.15) is 13.2 Å². The van der Waals surface area contributed by atoms with E-state index < -0.39 is 17.8 Å². The van der Waals surface area contributed by atoms with Gasteiger partial charge in [-0.1, -0.05) is 23.7 Å². The minimum absolute atomic E-state index is 0.0783. The number of hydrogen-bond acceptors (Lipinski definition) is 4. The van der Waals surface area contributed by atoms with Gasteiger partial charge in [-0.3, -0.25) is 14.5 Å². The van der Waals surface area contributed by atoms with E-state index >= 15 is 0 Å². The molecule has 2 aromatic carbocycles. The molecule has 2 aliphatic heterocycles. The normalized spacial score (nSPS) is 20.9. The van der Waals surface area contributed by atoms with Crippen LogP contribution in [-0.2, 0) is 15.8 Å². The van der Waals surface area contributed by atoms with Crippen molar-refractivity contribution in [1.29, 1.82) is 0 Å². The summed E-state index contributed by atoms with van der Waals surface area (Å²) in [6, 6.07) is 11.2. The Labute approximate surface area is 176 Å². The summed E-state index contributed by atoms with van der Waals surface area (Å²) >= 11 is 5.98. The third-order valence-electron chi connectivity index (χ3n) is 5.48. The molecule has 2 amide bonds. The van der Waals surface area contributed by atoms with Gasteiger partial charge in [0.1, 0.15) is 0 Å². The van der Waals surface area contributed by atoms with Crippen LogP contribution in [0.25, 0.3) is 0 Å². The van der Waals surface area contributed by atoms with Crippen LogP contribution >= 0.6 is 11.6 Å². The Morgan fingerprint density at radius 2 is 1.57 bits per heavy atom. The van der Waals surface area contributed by atoms with Crippen molar-refractivity contribution in [2.45, 2.75) is 18.6 Å². The molecule has 0 radical (unpaired) electrons. The van der Waals surface area contributed by atoms with Gasteiger partial charge in [0.2, 0.25) is 5.91 Å². The van der Waals surface area contributed by atoms with Crippen LogP contribution in [0.1, 0.15) is 12.0 Å². The minimum Gasteiger partial charge on any atom is -0.369 e. The van der Waals surface area contributed by atoms with Crippen molar-refractivity contribution in [2.75, 3.05) is 36.0 Å². The van der Waals surface area contributed by atoms with Crippen LogP contribution in [0.4, 0.5) is 24.5 Å². The molecule has 2 aromatic rings. The molecule has 2 fully saturated rings. The van der Waals surface area contributed by atoms with Crippen LogP contribution in [0.5, 0.6) is 0 Å². The van der Waals surface area contributed by atoms with Gasteiger partial charge in [0, 0.05) is 36.9 Å². The maximum Gasteiger partial charge on any atom is 0.416 e. The number of anilines is 2. The van der Waals surface area contributed by atoms with Crippen LogP contribution in [0.2, 0.25) is 5.02 Å². The van der Waals surface area contributed by atoms with Crippen molar-refractivity contribution in [1.82, 2.24) is 4.90 Å². The molecular weight excluding hydrogens is 419 g/mol. The van der Waals surface area contributed by atoms with Crippen molar-refractivity contribution < 1.29 is 22.8 Å². The number of rotatable bonds is 3. The number of imide groups is 1. The number of benzene rings is 2. The molecule has 5 nitrogen and oxygen atoms in total. The minimum atomic E-state index is -4.39. The van der Waals surface area contributed by atoms with Gasteiger partial charge in [-0.05, 0) is 36.4 Å². The van der Waals surface area contributed by atoms with Gasteiger partial charge in [0.15, 0.2) is 0 Å². The van der Waals surface area contributed by atoms with Gasteiger partial charge in [-0.25, -0.2) is 4.90 Å². The Hall–Kier alpha value is -2.58. The predicted molar refractivity (Wildman–Crippen MR) is 108 cm³/mol. The third-order valence-corrected chi connectivity index (χ3v) is 5.72. The van der Waals surface area contributed by atoms with E-state index in [9.17, 15) is 22.8 Å². The first kappa shape index (κ1) is 20.7. The second kappa shape index (κ2) is 7.92. The SMILES string of the molecule is O=C1CC(N2CCN(c3cccc(C(F)(F)F)c3)CC2)C(=O)N1c1cccc(Cl)c1. The van der Waals surface area contributed by atoms with E-state index in [1.54, 1.807) is 30.3 Å². The third kappa shape index (κ3) is 4.02. The van der Waals surface area contributed by atoms with Gasteiger partial charge in [0.05, 0.1) is 23.7 Å². The van der Waals surface area contributed by atoms with Crippen LogP contribution in [0.15, 0.2) is 48.5 Å². The van der Waals surface area contributed by atoms with Gasteiger partial charge in [0.25, 0.3) is 5.91 Å². The first-order valence-electron chi connectivity index (χ1n) is 9.52. The molecule has 4 rings (SSSR count). The van der Waals surface area contributed by atoms with Crippen molar-refractivity contribution in [3.05, 3.63) is 59.1 Å². The summed E-state index contributed by atoms with van der Waals surface area (Å²) in [5, 5.41) is 0.436. The Morgan fingerprint density at radius 3 is 2.23 bits per heavy atom. The molecule has 2 heterocycles. The lowest BCUT2D eigenvalue weighted by molar-refractivity contribution is -0.137. The van der Waals surface area contributed by atoms with Crippen LogP contribution in [0, 0.1) is 0 Å². The van der Waals surface area contributed by atoms with E-state index in [4.69, 9.17) is 11.6 Å². The predicted octanol–water partition coefficient (Wildman–Crippen LogP) is 3.81. The summed E-state index contributed by atoms with van der Waals surface area (Å²) in [7, 11) is 0. The fraction of sp³-hybridized carbons (Fsp3) is 0.333. The molecule has 0 aliphatic carbocycles. The number of hydrogen-bond donors (Lipinski definition) is 0. The van der Waals surface area contributed by atoms with E-state index in [0.717, 1.165) is 17.0 Å². The highest BCUT2D eigenvalue weighted by molar-refractivity contribution is 6.31. The quantitative estimate of drug-likeness (QED) is 0.685. The highest BCUT2D eigenvalue weighted by Gasteiger charge is 2.43. The molecule has 1 unspecified atom stereocenters. The molecule has 9 heteroatoms. The lowest BCUT2D eigenvalue weighted by atomic mass is 10.1. The number of carbonyl (C=O) groups excluding carboxylic acids is 2. The number of halogens is 4. The number of alkyl halides is 3. The molecule has 0 saturated carbocycles. The number of piperazine rings is 1. The molecule has 0 bridgehead atoms. The molecule has 0 aromatic heterocycles. The Morgan fingerprint density at radius 1 is 0.900 bits per heavy atom. The zero-order valence-electron chi connectivity index (χ0n) is 15.9. The van der Waals surface area contributed by atoms with Gasteiger partial charge < -0.3 is 4.90 Å². The molecule has 158 valence electrons. The highest BCUT2D eigenvalue weighted by Crippen LogP contribution is 2.32. The first-order valence-corrected chi connectivity index (χ1v) is 9.90. The van der Waals surface area contributed by atoms with Gasteiger partial charge >= 0.3 is 6.18 Å². The van der Waals surface area contributed by atoms with Crippen molar-refractivity contribution in [3.8, 4) is 0 Å². The molecule has 1 atom stereocenters. The zero-order chi connectivity index (χ0) is 21.5.